The van der Waals surface area contributed by atoms with E-state index in [4.69, 9.17) is 14.9 Å². The SMILES string of the molecule is C[C@H]1C[NH2+]/C(=C(\C=N)N2CC3COCCN3C2=O)CN1C(=O)OC(C)(C)C. The maximum absolute atomic E-state index is 12.8. The number of piperazine rings is 1. The molecule has 0 aromatic heterocycles. The molecule has 1 unspecified atom stereocenters. The van der Waals surface area contributed by atoms with Crippen LogP contribution in [0.1, 0.15) is 27.7 Å². The second-order valence-corrected chi connectivity index (χ2v) is 8.27. The molecule has 150 valence electrons. The first-order chi connectivity index (χ1) is 12.7. The summed E-state index contributed by atoms with van der Waals surface area (Å²) >= 11 is 0. The largest absolute Gasteiger partial charge is 0.444 e. The Morgan fingerprint density at radius 3 is 2.78 bits per heavy atom. The number of carbonyl (C=O) groups is 2. The van der Waals surface area contributed by atoms with Gasteiger partial charge in [-0.15, -0.1) is 0 Å². The van der Waals surface area contributed by atoms with Crippen molar-refractivity contribution in [2.24, 2.45) is 0 Å². The molecule has 3 amide bonds. The number of nitrogens with one attached hydrogen (secondary N) is 1. The van der Waals surface area contributed by atoms with Gasteiger partial charge in [-0.2, -0.15) is 0 Å². The molecule has 0 saturated carbocycles. The number of nitrogens with two attached hydrogens (primary N) is 1. The summed E-state index contributed by atoms with van der Waals surface area (Å²) in [5.41, 5.74) is 0.790. The van der Waals surface area contributed by atoms with Crippen molar-refractivity contribution >= 4 is 18.3 Å². The van der Waals surface area contributed by atoms with Crippen molar-refractivity contribution in [1.29, 1.82) is 5.41 Å². The van der Waals surface area contributed by atoms with Gasteiger partial charge in [0, 0.05) is 12.8 Å². The van der Waals surface area contributed by atoms with Crippen molar-refractivity contribution in [1.82, 2.24) is 14.7 Å². The summed E-state index contributed by atoms with van der Waals surface area (Å²) in [6.45, 7) is 10.6. The lowest BCUT2D eigenvalue weighted by atomic mass is 10.1. The minimum Gasteiger partial charge on any atom is -0.444 e. The fourth-order valence-corrected chi connectivity index (χ4v) is 3.64. The van der Waals surface area contributed by atoms with Crippen molar-refractivity contribution < 1.29 is 24.4 Å². The molecule has 9 heteroatoms. The maximum Gasteiger partial charge on any atom is 0.411 e. The molecular weight excluding hydrogens is 350 g/mol. The molecule has 3 N–H and O–H groups in total. The first-order valence-electron chi connectivity index (χ1n) is 9.43. The van der Waals surface area contributed by atoms with E-state index in [1.54, 1.807) is 9.80 Å². The topological polar surface area (TPSA) is 103 Å². The van der Waals surface area contributed by atoms with Crippen LogP contribution in [0, 0.1) is 5.41 Å². The van der Waals surface area contributed by atoms with Gasteiger partial charge in [0.2, 0.25) is 0 Å². The number of nitrogens with zero attached hydrogens (tertiary/aromatic N) is 3. The molecule has 0 aromatic carbocycles. The number of quaternary nitrogens is 1. The van der Waals surface area contributed by atoms with Gasteiger partial charge in [0.1, 0.15) is 24.4 Å². The van der Waals surface area contributed by atoms with Gasteiger partial charge >= 0.3 is 12.1 Å². The molecule has 3 heterocycles. The number of ether oxygens (including phenoxy) is 2. The third kappa shape index (κ3) is 4.08. The third-order valence-corrected chi connectivity index (χ3v) is 5.06. The minimum atomic E-state index is -0.569. The van der Waals surface area contributed by atoms with Crippen LogP contribution in [0.3, 0.4) is 0 Å². The quantitative estimate of drug-likeness (QED) is 0.668. The summed E-state index contributed by atoms with van der Waals surface area (Å²) in [6, 6.07) is -0.0685. The summed E-state index contributed by atoms with van der Waals surface area (Å²) in [7, 11) is 0. The zero-order valence-corrected chi connectivity index (χ0v) is 16.5. The third-order valence-electron chi connectivity index (χ3n) is 5.06. The minimum absolute atomic E-state index is 0.00425. The molecule has 9 nitrogen and oxygen atoms in total. The van der Waals surface area contributed by atoms with E-state index >= 15 is 0 Å². The van der Waals surface area contributed by atoms with Crippen molar-refractivity contribution in [3.8, 4) is 0 Å². The number of carbonyl (C=O) groups excluding carboxylic acids is 2. The lowest BCUT2D eigenvalue weighted by molar-refractivity contribution is -0.622. The van der Waals surface area contributed by atoms with Gasteiger partial charge in [-0.05, 0) is 27.7 Å². The first kappa shape index (κ1) is 19.6. The van der Waals surface area contributed by atoms with Gasteiger partial charge in [0.25, 0.3) is 0 Å². The van der Waals surface area contributed by atoms with Crippen molar-refractivity contribution in [2.75, 3.05) is 39.4 Å². The highest BCUT2D eigenvalue weighted by molar-refractivity contribution is 5.88. The van der Waals surface area contributed by atoms with Gasteiger partial charge < -0.3 is 25.1 Å². The molecule has 3 aliphatic rings. The Hall–Kier alpha value is -2.13. The van der Waals surface area contributed by atoms with E-state index in [0.717, 1.165) is 5.70 Å². The maximum atomic E-state index is 12.8. The van der Waals surface area contributed by atoms with Crippen LogP contribution in [0.2, 0.25) is 0 Å². The number of hydrogen-bond donors (Lipinski definition) is 2. The van der Waals surface area contributed by atoms with E-state index in [0.29, 0.717) is 45.1 Å². The van der Waals surface area contributed by atoms with Gasteiger partial charge in [0.05, 0.1) is 31.8 Å². The standard InChI is InChI=1S/C18H29N5O4/c1-12-8-20-14(10-22(12)17(25)27-18(2,3)4)15(7-19)23-9-13-11-26-6-5-21(13)16(23)24/h7,12-13,19-20H,5-6,8-11H2,1-4H3/p+1/b15-14+,19-7?/t12-,13?/m0/s1. The molecule has 0 spiro atoms. The van der Waals surface area contributed by atoms with Crippen molar-refractivity contribution in [3.63, 3.8) is 0 Å². The van der Waals surface area contributed by atoms with Crippen LogP contribution in [0.5, 0.6) is 0 Å². The second kappa shape index (κ2) is 7.47. The van der Waals surface area contributed by atoms with Crippen LogP contribution in [-0.2, 0) is 9.47 Å². The monoisotopic (exact) mass is 380 g/mol. The zero-order chi connectivity index (χ0) is 19.8. The Kier molecular flexibility index (Phi) is 5.43. The number of amides is 3. The predicted octanol–water partition coefficient (Wildman–Crippen LogP) is 0.187. The fraction of sp³-hybridized carbons (Fsp3) is 0.722. The summed E-state index contributed by atoms with van der Waals surface area (Å²) in [4.78, 5) is 30.5. The van der Waals surface area contributed by atoms with E-state index in [9.17, 15) is 9.59 Å². The normalized spacial score (nSPS) is 28.1. The molecule has 0 bridgehead atoms. The number of morpholine rings is 1. The first-order valence-corrected chi connectivity index (χ1v) is 9.43. The van der Waals surface area contributed by atoms with E-state index in [1.165, 1.54) is 6.21 Å². The highest BCUT2D eigenvalue weighted by atomic mass is 16.6. The molecule has 0 aromatic rings. The van der Waals surface area contributed by atoms with Crippen molar-refractivity contribution in [3.05, 3.63) is 11.4 Å². The summed E-state index contributed by atoms with van der Waals surface area (Å²) in [6.07, 6.45) is 0.843. The average molecular weight is 380 g/mol. The molecule has 3 aliphatic heterocycles. The second-order valence-electron chi connectivity index (χ2n) is 8.27. The zero-order valence-electron chi connectivity index (χ0n) is 16.5. The van der Waals surface area contributed by atoms with Gasteiger partial charge in [0.15, 0.2) is 5.70 Å². The van der Waals surface area contributed by atoms with Crippen LogP contribution in [0.15, 0.2) is 11.4 Å². The Morgan fingerprint density at radius 2 is 2.15 bits per heavy atom. The average Bonchev–Trinajstić information content (AvgIpc) is 2.92. The van der Waals surface area contributed by atoms with E-state index in [2.05, 4.69) is 0 Å². The van der Waals surface area contributed by atoms with Gasteiger partial charge in [-0.25, -0.2) is 9.59 Å². The molecule has 3 fully saturated rings. The van der Waals surface area contributed by atoms with Crippen LogP contribution >= 0.6 is 0 Å². The lowest BCUT2D eigenvalue weighted by Crippen LogP contribution is -2.90. The Labute approximate surface area is 159 Å². The van der Waals surface area contributed by atoms with Crippen LogP contribution < -0.4 is 5.32 Å². The molecule has 3 saturated heterocycles. The molecule has 27 heavy (non-hydrogen) atoms. The van der Waals surface area contributed by atoms with Gasteiger partial charge in [-0.1, -0.05) is 0 Å². The predicted molar refractivity (Wildman–Crippen MR) is 98.4 cm³/mol. The molecule has 0 aliphatic carbocycles. The summed E-state index contributed by atoms with van der Waals surface area (Å²) in [5, 5.41) is 9.92. The smallest absolute Gasteiger partial charge is 0.411 e. The number of fused-ring (bicyclic) bond motifs is 1. The van der Waals surface area contributed by atoms with Crippen LogP contribution in [-0.4, -0.2) is 90.1 Å². The lowest BCUT2D eigenvalue weighted by Gasteiger charge is -2.35. The van der Waals surface area contributed by atoms with Crippen LogP contribution in [0.4, 0.5) is 9.59 Å². The highest BCUT2D eigenvalue weighted by Crippen LogP contribution is 2.24. The molecule has 2 atom stereocenters. The summed E-state index contributed by atoms with van der Waals surface area (Å²) < 4.78 is 11.0. The molecular formula is C18H30N5O4+. The number of urea groups is 1. The van der Waals surface area contributed by atoms with E-state index in [1.807, 2.05) is 37.9 Å². The highest BCUT2D eigenvalue weighted by Gasteiger charge is 2.42. The summed E-state index contributed by atoms with van der Waals surface area (Å²) in [5.74, 6) is 0. The number of rotatable bonds is 2. The Balaban J connectivity index is 1.81. The Morgan fingerprint density at radius 1 is 1.41 bits per heavy atom. The molecule has 3 rings (SSSR count). The molecule has 0 radical (unpaired) electrons. The number of allylic oxidation sites excluding steroid dienone is 1. The van der Waals surface area contributed by atoms with E-state index < -0.39 is 5.60 Å². The fourth-order valence-electron chi connectivity index (χ4n) is 3.64. The number of hydrogen-bond acceptors (Lipinski definition) is 5. The van der Waals surface area contributed by atoms with Crippen LogP contribution in [0.25, 0.3) is 0 Å². The van der Waals surface area contributed by atoms with Gasteiger partial charge in [-0.3, -0.25) is 9.80 Å². The van der Waals surface area contributed by atoms with Crippen molar-refractivity contribution in [2.45, 2.75) is 45.4 Å². The van der Waals surface area contributed by atoms with E-state index in [-0.39, 0.29) is 24.2 Å². The Bertz CT molecular complexity index is 657.